The number of carbonyl (C=O) groups is 3. The Labute approximate surface area is 155 Å². The topological polar surface area (TPSA) is 100 Å². The summed E-state index contributed by atoms with van der Waals surface area (Å²) in [5, 5.41) is 3.61. The largest absolute Gasteiger partial charge is 0.456 e. The number of rotatable bonds is 5. The van der Waals surface area contributed by atoms with Crippen LogP contribution in [0.4, 0.5) is 5.69 Å². The molecule has 0 amide bonds. The first-order chi connectivity index (χ1) is 12.3. The van der Waals surface area contributed by atoms with Gasteiger partial charge in [-0.3, -0.25) is 14.4 Å². The summed E-state index contributed by atoms with van der Waals surface area (Å²) in [6, 6.07) is 6.79. The zero-order valence-electron chi connectivity index (χ0n) is 14.6. The van der Waals surface area contributed by atoms with Crippen LogP contribution in [-0.2, 0) is 33.3 Å². The molecule has 9 heteroatoms. The summed E-state index contributed by atoms with van der Waals surface area (Å²) in [7, 11) is 0. The van der Waals surface area contributed by atoms with E-state index in [0.717, 1.165) is 0 Å². The fraction of sp³-hybridized carbons (Fsp3) is 0.471. The molecule has 2 rings (SSSR count). The maximum atomic E-state index is 11.5. The smallest absolute Gasteiger partial charge is 0.303 e. The van der Waals surface area contributed by atoms with E-state index in [9.17, 15) is 14.4 Å². The Bertz CT molecular complexity index is 664. The predicted octanol–water partition coefficient (Wildman–Crippen LogP) is 1.90. The Kier molecular flexibility index (Phi) is 6.82. The van der Waals surface area contributed by atoms with Crippen molar-refractivity contribution in [3.8, 4) is 0 Å². The van der Waals surface area contributed by atoms with Crippen LogP contribution in [-0.4, -0.2) is 49.1 Å². The molecule has 1 aliphatic heterocycles. The van der Waals surface area contributed by atoms with Gasteiger partial charge in [-0.1, -0.05) is 11.6 Å². The van der Waals surface area contributed by atoms with Gasteiger partial charge in [0.05, 0.1) is 6.61 Å². The van der Waals surface area contributed by atoms with Gasteiger partial charge >= 0.3 is 17.9 Å². The molecule has 0 saturated carbocycles. The summed E-state index contributed by atoms with van der Waals surface area (Å²) in [5.74, 6) is -1.76. The standard InChI is InChI=1S/C17H20ClNO7/c1-9(20)24-14-8-23-17(19-13-6-4-12(18)5-7-13)16(26-11(3)22)15(14)25-10(2)21/h4-7,14-17,19H,8H2,1-3H3/t14-,15+,16-,17-/m1/s1. The number of nitrogens with one attached hydrogen (secondary N) is 1. The van der Waals surface area contributed by atoms with Gasteiger partial charge in [0.25, 0.3) is 0 Å². The number of halogens is 1. The molecule has 1 aromatic rings. The molecule has 0 unspecified atom stereocenters. The third kappa shape index (κ3) is 5.60. The lowest BCUT2D eigenvalue weighted by atomic mass is 10.0. The van der Waals surface area contributed by atoms with E-state index in [1.165, 1.54) is 20.8 Å². The summed E-state index contributed by atoms with van der Waals surface area (Å²) in [5.41, 5.74) is 0.657. The Morgan fingerprint density at radius 3 is 2.04 bits per heavy atom. The molecule has 8 nitrogen and oxygen atoms in total. The van der Waals surface area contributed by atoms with Gasteiger partial charge in [0.15, 0.2) is 24.5 Å². The van der Waals surface area contributed by atoms with Crippen molar-refractivity contribution in [1.82, 2.24) is 0 Å². The van der Waals surface area contributed by atoms with Crippen LogP contribution < -0.4 is 5.32 Å². The van der Waals surface area contributed by atoms with E-state index in [4.69, 9.17) is 30.5 Å². The van der Waals surface area contributed by atoms with Crippen molar-refractivity contribution in [3.05, 3.63) is 29.3 Å². The third-order valence-corrected chi connectivity index (χ3v) is 3.76. The van der Waals surface area contributed by atoms with E-state index < -0.39 is 42.4 Å². The average molecular weight is 386 g/mol. The zero-order chi connectivity index (χ0) is 19.3. The highest BCUT2D eigenvalue weighted by Gasteiger charge is 2.46. The summed E-state index contributed by atoms with van der Waals surface area (Å²) >= 11 is 5.87. The number of hydrogen-bond acceptors (Lipinski definition) is 8. The summed E-state index contributed by atoms with van der Waals surface area (Å²) in [6.45, 7) is 3.62. The molecule has 0 aliphatic carbocycles. The molecule has 1 aromatic carbocycles. The van der Waals surface area contributed by atoms with Crippen LogP contribution in [0.3, 0.4) is 0 Å². The average Bonchev–Trinajstić information content (AvgIpc) is 2.53. The number of carbonyl (C=O) groups excluding carboxylic acids is 3. The van der Waals surface area contributed by atoms with Gasteiger partial charge in [-0.15, -0.1) is 0 Å². The third-order valence-electron chi connectivity index (χ3n) is 3.50. The lowest BCUT2D eigenvalue weighted by molar-refractivity contribution is -0.221. The van der Waals surface area contributed by atoms with Crippen LogP contribution in [0.15, 0.2) is 24.3 Å². The van der Waals surface area contributed by atoms with Crippen LogP contribution in [0.2, 0.25) is 5.02 Å². The maximum absolute atomic E-state index is 11.5. The first kappa shape index (κ1) is 20.0. The lowest BCUT2D eigenvalue weighted by Crippen LogP contribution is -2.59. The fourth-order valence-corrected chi connectivity index (χ4v) is 2.70. The van der Waals surface area contributed by atoms with Crippen molar-refractivity contribution in [2.45, 2.75) is 45.3 Å². The van der Waals surface area contributed by atoms with Crippen molar-refractivity contribution in [2.75, 3.05) is 11.9 Å². The quantitative estimate of drug-likeness (QED) is 0.606. The van der Waals surface area contributed by atoms with Gasteiger partial charge in [-0.2, -0.15) is 0 Å². The molecule has 0 bridgehead atoms. The minimum Gasteiger partial charge on any atom is -0.456 e. The molecule has 0 radical (unpaired) electrons. The summed E-state index contributed by atoms with van der Waals surface area (Å²) in [6.07, 6.45) is -3.76. The van der Waals surface area contributed by atoms with Gasteiger partial charge in [0.1, 0.15) is 0 Å². The molecular weight excluding hydrogens is 366 g/mol. The Balaban J connectivity index is 2.25. The van der Waals surface area contributed by atoms with Crippen molar-refractivity contribution in [2.24, 2.45) is 0 Å². The highest BCUT2D eigenvalue weighted by atomic mass is 35.5. The fourth-order valence-electron chi connectivity index (χ4n) is 2.58. The Hall–Kier alpha value is -2.32. The highest BCUT2D eigenvalue weighted by molar-refractivity contribution is 6.30. The number of ether oxygens (including phenoxy) is 4. The molecule has 1 fully saturated rings. The van der Waals surface area contributed by atoms with Crippen molar-refractivity contribution < 1.29 is 33.3 Å². The van der Waals surface area contributed by atoms with E-state index in [0.29, 0.717) is 10.7 Å². The Morgan fingerprint density at radius 2 is 1.50 bits per heavy atom. The van der Waals surface area contributed by atoms with Gasteiger partial charge in [0, 0.05) is 31.5 Å². The monoisotopic (exact) mass is 385 g/mol. The normalized spacial score (nSPS) is 25.1. The second-order valence-electron chi connectivity index (χ2n) is 5.70. The summed E-state index contributed by atoms with van der Waals surface area (Å²) in [4.78, 5) is 34.4. The molecule has 1 aliphatic rings. The summed E-state index contributed by atoms with van der Waals surface area (Å²) < 4.78 is 21.4. The molecular formula is C17H20ClNO7. The first-order valence-electron chi connectivity index (χ1n) is 7.91. The van der Waals surface area contributed by atoms with E-state index in [2.05, 4.69) is 5.32 Å². The molecule has 142 valence electrons. The van der Waals surface area contributed by atoms with Gasteiger partial charge < -0.3 is 24.3 Å². The first-order valence-corrected chi connectivity index (χ1v) is 8.29. The Morgan fingerprint density at radius 1 is 0.962 bits per heavy atom. The van der Waals surface area contributed by atoms with E-state index in [-0.39, 0.29) is 6.61 Å². The molecule has 0 aromatic heterocycles. The van der Waals surface area contributed by atoms with Gasteiger partial charge in [0.2, 0.25) is 0 Å². The van der Waals surface area contributed by atoms with Crippen LogP contribution in [0.1, 0.15) is 20.8 Å². The lowest BCUT2D eigenvalue weighted by Gasteiger charge is -2.40. The number of anilines is 1. The molecule has 1 N–H and O–H groups in total. The second-order valence-corrected chi connectivity index (χ2v) is 6.14. The van der Waals surface area contributed by atoms with Crippen LogP contribution in [0.25, 0.3) is 0 Å². The van der Waals surface area contributed by atoms with Crippen molar-refractivity contribution in [1.29, 1.82) is 0 Å². The van der Waals surface area contributed by atoms with Crippen LogP contribution >= 0.6 is 11.6 Å². The number of benzene rings is 1. The molecule has 4 atom stereocenters. The highest BCUT2D eigenvalue weighted by Crippen LogP contribution is 2.26. The SMILES string of the molecule is CC(=O)O[C@@H]1[C@@H](OC(C)=O)[C@H](OC(C)=O)CO[C@H]1Nc1ccc(Cl)cc1. The second kappa shape index (κ2) is 8.86. The van der Waals surface area contributed by atoms with Crippen molar-refractivity contribution >= 4 is 35.2 Å². The van der Waals surface area contributed by atoms with E-state index >= 15 is 0 Å². The number of hydrogen-bond donors (Lipinski definition) is 1. The minimum atomic E-state index is -1.02. The van der Waals surface area contributed by atoms with Crippen LogP contribution in [0.5, 0.6) is 0 Å². The molecule has 1 heterocycles. The molecule has 26 heavy (non-hydrogen) atoms. The molecule has 0 spiro atoms. The molecule has 1 saturated heterocycles. The van der Waals surface area contributed by atoms with Gasteiger partial charge in [-0.25, -0.2) is 0 Å². The van der Waals surface area contributed by atoms with Crippen molar-refractivity contribution in [3.63, 3.8) is 0 Å². The minimum absolute atomic E-state index is 0.0411. The zero-order valence-corrected chi connectivity index (χ0v) is 15.3. The maximum Gasteiger partial charge on any atom is 0.303 e. The number of esters is 3. The van der Waals surface area contributed by atoms with E-state index in [1.807, 2.05) is 0 Å². The van der Waals surface area contributed by atoms with Crippen LogP contribution in [0, 0.1) is 0 Å². The van der Waals surface area contributed by atoms with Gasteiger partial charge in [-0.05, 0) is 24.3 Å². The predicted molar refractivity (Wildman–Crippen MR) is 91.5 cm³/mol. The van der Waals surface area contributed by atoms with E-state index in [1.54, 1.807) is 24.3 Å².